The second-order valence-electron chi connectivity index (χ2n) is 4.94. The lowest BCUT2D eigenvalue weighted by molar-refractivity contribution is 0.628. The first-order valence-corrected chi connectivity index (χ1v) is 8.67. The van der Waals surface area contributed by atoms with Gasteiger partial charge in [0, 0.05) is 21.4 Å². The predicted molar refractivity (Wildman–Crippen MR) is 92.2 cm³/mol. The molecule has 0 amide bonds. The van der Waals surface area contributed by atoms with Crippen molar-refractivity contribution in [3.8, 4) is 11.4 Å². The highest BCUT2D eigenvalue weighted by molar-refractivity contribution is 9.10. The zero-order valence-corrected chi connectivity index (χ0v) is 14.2. The van der Waals surface area contributed by atoms with Crippen LogP contribution in [0.15, 0.2) is 63.3 Å². The summed E-state index contributed by atoms with van der Waals surface area (Å²) >= 11 is 5.14. The molecule has 0 saturated carbocycles. The zero-order chi connectivity index (χ0) is 15.8. The predicted octanol–water partition coefficient (Wildman–Crippen LogP) is 4.20. The molecule has 4 nitrogen and oxygen atoms in total. The highest BCUT2D eigenvalue weighted by atomic mass is 79.9. The second kappa shape index (κ2) is 5.90. The first-order chi connectivity index (χ1) is 11.2. The number of thioether (sulfide) groups is 1. The molecule has 0 atom stereocenters. The maximum absolute atomic E-state index is 13.1. The third kappa shape index (κ3) is 2.70. The van der Waals surface area contributed by atoms with E-state index in [1.165, 1.54) is 12.1 Å². The fraction of sp³-hybridized carbons (Fsp3) is 0.0625. The molecule has 0 unspecified atom stereocenters. The van der Waals surface area contributed by atoms with Gasteiger partial charge >= 0.3 is 0 Å². The molecule has 2 heterocycles. The van der Waals surface area contributed by atoms with Gasteiger partial charge in [0.2, 0.25) is 5.16 Å². The third-order valence-corrected chi connectivity index (χ3v) is 5.08. The maximum atomic E-state index is 13.1. The minimum atomic E-state index is -0.279. The normalized spacial score (nSPS) is 13.6. The minimum Gasteiger partial charge on any atom is -0.207 e. The van der Waals surface area contributed by atoms with E-state index in [4.69, 9.17) is 5.10 Å². The lowest BCUT2D eigenvalue weighted by Gasteiger charge is -2.14. The Hall–Kier alpha value is -1.99. The van der Waals surface area contributed by atoms with E-state index in [1.54, 1.807) is 28.6 Å². The van der Waals surface area contributed by atoms with Crippen molar-refractivity contribution in [3.05, 3.63) is 64.4 Å². The van der Waals surface area contributed by atoms with Crippen LogP contribution in [-0.4, -0.2) is 26.3 Å². The summed E-state index contributed by atoms with van der Waals surface area (Å²) in [7, 11) is 0. The van der Waals surface area contributed by atoms with Crippen LogP contribution in [0.3, 0.4) is 0 Å². The number of fused-ring (bicyclic) bond motifs is 1. The van der Waals surface area contributed by atoms with Gasteiger partial charge in [0.25, 0.3) is 0 Å². The summed E-state index contributed by atoms with van der Waals surface area (Å²) in [6.07, 6.45) is 0. The van der Waals surface area contributed by atoms with Crippen LogP contribution in [0.4, 0.5) is 4.39 Å². The zero-order valence-electron chi connectivity index (χ0n) is 11.8. The lowest BCUT2D eigenvalue weighted by Crippen LogP contribution is -2.14. The van der Waals surface area contributed by atoms with Crippen molar-refractivity contribution in [3.63, 3.8) is 0 Å². The van der Waals surface area contributed by atoms with Crippen molar-refractivity contribution in [2.45, 2.75) is 5.16 Å². The molecule has 0 radical (unpaired) electrons. The molecule has 1 aromatic heterocycles. The monoisotopic (exact) mass is 388 g/mol. The Morgan fingerprint density at radius 3 is 2.61 bits per heavy atom. The summed E-state index contributed by atoms with van der Waals surface area (Å²) in [6.45, 7) is 0. The molecule has 1 aliphatic heterocycles. The Morgan fingerprint density at radius 1 is 1.04 bits per heavy atom. The summed E-state index contributed by atoms with van der Waals surface area (Å²) in [6, 6.07) is 14.1. The van der Waals surface area contributed by atoms with E-state index in [-0.39, 0.29) is 5.82 Å². The molecule has 0 aliphatic carbocycles. The van der Waals surface area contributed by atoms with Crippen LogP contribution in [0.1, 0.15) is 5.56 Å². The Labute approximate surface area is 144 Å². The molecule has 1 aliphatic rings. The Balaban J connectivity index is 1.81. The summed E-state index contributed by atoms with van der Waals surface area (Å²) in [5.41, 5.74) is 2.77. The van der Waals surface area contributed by atoms with Gasteiger partial charge in [-0.2, -0.15) is 9.78 Å². The molecular weight excluding hydrogens is 379 g/mol. The fourth-order valence-electron chi connectivity index (χ4n) is 2.33. The topological polar surface area (TPSA) is 43.1 Å². The molecule has 3 aromatic rings. The van der Waals surface area contributed by atoms with Gasteiger partial charge in [-0.15, -0.1) is 10.2 Å². The van der Waals surface area contributed by atoms with Gasteiger partial charge in [-0.05, 0) is 30.3 Å². The van der Waals surface area contributed by atoms with Gasteiger partial charge in [0.15, 0.2) is 5.82 Å². The summed E-state index contributed by atoms with van der Waals surface area (Å²) in [5, 5.41) is 13.8. The number of hydrogen-bond donors (Lipinski definition) is 0. The summed E-state index contributed by atoms with van der Waals surface area (Å²) < 4.78 is 15.8. The molecular formula is C16H10BrFN4S. The van der Waals surface area contributed by atoms with E-state index < -0.39 is 0 Å². The molecule has 4 rings (SSSR count). The molecule has 0 fully saturated rings. The molecule has 0 saturated heterocycles. The van der Waals surface area contributed by atoms with Crippen molar-refractivity contribution in [2.75, 3.05) is 5.75 Å². The lowest BCUT2D eigenvalue weighted by atomic mass is 10.1. The fourth-order valence-corrected chi connectivity index (χ4v) is 3.67. The largest absolute Gasteiger partial charge is 0.212 e. The number of nitrogens with zero attached hydrogens (tertiary/aromatic N) is 4. The number of halogens is 2. The van der Waals surface area contributed by atoms with E-state index in [1.807, 2.05) is 24.3 Å². The van der Waals surface area contributed by atoms with Gasteiger partial charge in [-0.25, -0.2) is 4.39 Å². The smallest absolute Gasteiger partial charge is 0.207 e. The third-order valence-electron chi connectivity index (χ3n) is 3.46. The van der Waals surface area contributed by atoms with Gasteiger partial charge in [0.05, 0.1) is 5.71 Å². The first kappa shape index (κ1) is 14.6. The van der Waals surface area contributed by atoms with Crippen LogP contribution in [0.5, 0.6) is 0 Å². The number of aromatic nitrogens is 3. The molecule has 0 spiro atoms. The Bertz CT molecular complexity index is 905. The number of hydrogen-bond acceptors (Lipinski definition) is 4. The van der Waals surface area contributed by atoms with E-state index in [0.717, 1.165) is 32.2 Å². The SMILES string of the molecule is Fc1ccc(-c2nnc3n2N=C(c2ccccc2Br)CS3)cc1. The van der Waals surface area contributed by atoms with E-state index in [0.29, 0.717) is 5.82 Å². The van der Waals surface area contributed by atoms with Crippen LogP contribution in [0.25, 0.3) is 11.4 Å². The van der Waals surface area contributed by atoms with E-state index in [9.17, 15) is 4.39 Å². The second-order valence-corrected chi connectivity index (χ2v) is 6.74. The van der Waals surface area contributed by atoms with Crippen molar-refractivity contribution >= 4 is 33.4 Å². The highest BCUT2D eigenvalue weighted by Gasteiger charge is 2.21. The van der Waals surface area contributed by atoms with Crippen LogP contribution < -0.4 is 0 Å². The van der Waals surface area contributed by atoms with Gasteiger partial charge in [-0.1, -0.05) is 45.9 Å². The quantitative estimate of drug-likeness (QED) is 0.660. The molecule has 2 aromatic carbocycles. The average molecular weight is 389 g/mol. The molecule has 0 N–H and O–H groups in total. The average Bonchev–Trinajstić information content (AvgIpc) is 2.99. The van der Waals surface area contributed by atoms with Gasteiger partial charge < -0.3 is 0 Å². The molecule has 23 heavy (non-hydrogen) atoms. The number of rotatable bonds is 2. The van der Waals surface area contributed by atoms with E-state index >= 15 is 0 Å². The van der Waals surface area contributed by atoms with Crippen LogP contribution >= 0.6 is 27.7 Å². The Morgan fingerprint density at radius 2 is 1.83 bits per heavy atom. The van der Waals surface area contributed by atoms with Crippen molar-refractivity contribution in [1.82, 2.24) is 14.9 Å². The minimum absolute atomic E-state index is 0.279. The molecule has 114 valence electrons. The number of benzene rings is 2. The first-order valence-electron chi connectivity index (χ1n) is 6.89. The highest BCUT2D eigenvalue weighted by Crippen LogP contribution is 2.30. The summed E-state index contributed by atoms with van der Waals surface area (Å²) in [4.78, 5) is 0. The summed E-state index contributed by atoms with van der Waals surface area (Å²) in [5.74, 6) is 1.06. The standard InChI is InChI=1S/C16H10BrFN4S/c17-13-4-2-1-3-12(13)14-9-23-16-20-19-15(22(16)21-14)10-5-7-11(18)8-6-10/h1-8H,9H2. The van der Waals surface area contributed by atoms with Crippen LogP contribution in [0.2, 0.25) is 0 Å². The van der Waals surface area contributed by atoms with E-state index in [2.05, 4.69) is 26.1 Å². The van der Waals surface area contributed by atoms with Gasteiger partial charge in [0.1, 0.15) is 5.82 Å². The van der Waals surface area contributed by atoms with Gasteiger partial charge in [-0.3, -0.25) is 0 Å². The van der Waals surface area contributed by atoms with Crippen molar-refractivity contribution < 1.29 is 4.39 Å². The van der Waals surface area contributed by atoms with Crippen LogP contribution in [-0.2, 0) is 0 Å². The molecule has 0 bridgehead atoms. The molecule has 7 heteroatoms. The Kier molecular flexibility index (Phi) is 3.74. The van der Waals surface area contributed by atoms with Crippen LogP contribution in [0, 0.1) is 5.82 Å². The maximum Gasteiger partial charge on any atom is 0.212 e. The van der Waals surface area contributed by atoms with Crippen molar-refractivity contribution in [1.29, 1.82) is 0 Å². The van der Waals surface area contributed by atoms with Crippen molar-refractivity contribution in [2.24, 2.45) is 5.10 Å².